The molecule has 0 amide bonds. The highest BCUT2D eigenvalue weighted by Crippen LogP contribution is 2.06. The number of nitrogens with one attached hydrogen (secondary N) is 1. The summed E-state index contributed by atoms with van der Waals surface area (Å²) in [6.45, 7) is 1.99. The number of aryl methyl sites for hydroxylation is 1. The molecule has 62 valence electrons. The van der Waals surface area contributed by atoms with Crippen LogP contribution in [0.3, 0.4) is 0 Å². The van der Waals surface area contributed by atoms with Gasteiger partial charge in [-0.3, -0.25) is 10.4 Å². The Morgan fingerprint density at radius 1 is 1.42 bits per heavy atom. The number of hydrogen-bond donors (Lipinski definition) is 1. The Morgan fingerprint density at radius 2 is 2.08 bits per heavy atom. The normalized spacial score (nSPS) is 10.5. The van der Waals surface area contributed by atoms with Gasteiger partial charge >= 0.3 is 0 Å². The van der Waals surface area contributed by atoms with E-state index in [1.807, 2.05) is 31.2 Å². The lowest BCUT2D eigenvalue weighted by molar-refractivity contribution is 1.41. The van der Waals surface area contributed by atoms with Gasteiger partial charge in [0.2, 0.25) is 0 Å². The minimum Gasteiger partial charge on any atom is -0.299 e. The summed E-state index contributed by atoms with van der Waals surface area (Å²) in [6.07, 6.45) is 1.56. The molecule has 0 atom stereocenters. The lowest BCUT2D eigenvalue weighted by Crippen LogP contribution is -2.02. The molecule has 1 aromatic carbocycles. The lowest BCUT2D eigenvalue weighted by atomic mass is 10.1. The van der Waals surface area contributed by atoms with Gasteiger partial charge in [0.1, 0.15) is 0 Å². The number of benzene rings is 1. The standard InChI is InChI=1S/C10H12N2/c1-8-5-3-4-6-9(8)10(11)7-12-2/h3-7,11H,1-2H3/b11-10?,12-7-. The van der Waals surface area contributed by atoms with Gasteiger partial charge < -0.3 is 0 Å². The Kier molecular flexibility index (Phi) is 2.75. The molecule has 2 heteroatoms. The highest BCUT2D eigenvalue weighted by atomic mass is 14.7. The van der Waals surface area contributed by atoms with Crippen molar-refractivity contribution in [2.24, 2.45) is 4.99 Å². The second-order valence-electron chi connectivity index (χ2n) is 2.62. The van der Waals surface area contributed by atoms with Crippen molar-refractivity contribution in [3.05, 3.63) is 35.4 Å². The first-order chi connectivity index (χ1) is 5.75. The zero-order chi connectivity index (χ0) is 8.97. The molecular weight excluding hydrogens is 148 g/mol. The molecule has 0 fully saturated rings. The van der Waals surface area contributed by atoms with Crippen molar-refractivity contribution in [3.8, 4) is 0 Å². The average Bonchev–Trinajstić information content (AvgIpc) is 2.05. The van der Waals surface area contributed by atoms with Crippen LogP contribution in [-0.4, -0.2) is 19.0 Å². The maximum absolute atomic E-state index is 7.62. The molecule has 0 aromatic heterocycles. The van der Waals surface area contributed by atoms with Crippen LogP contribution in [0.1, 0.15) is 11.1 Å². The molecule has 0 aliphatic rings. The van der Waals surface area contributed by atoms with Crippen molar-refractivity contribution in [2.75, 3.05) is 7.05 Å². The van der Waals surface area contributed by atoms with E-state index >= 15 is 0 Å². The number of aliphatic imine (C=N–C) groups is 1. The molecule has 0 spiro atoms. The van der Waals surface area contributed by atoms with Gasteiger partial charge in [-0.05, 0) is 12.5 Å². The van der Waals surface area contributed by atoms with Crippen LogP contribution in [0.5, 0.6) is 0 Å². The van der Waals surface area contributed by atoms with Gasteiger partial charge in [0, 0.05) is 18.8 Å². The first-order valence-corrected chi connectivity index (χ1v) is 3.82. The summed E-state index contributed by atoms with van der Waals surface area (Å²) in [5.74, 6) is 0. The number of rotatable bonds is 2. The molecular formula is C10H12N2. The second kappa shape index (κ2) is 3.81. The zero-order valence-corrected chi connectivity index (χ0v) is 7.33. The fourth-order valence-corrected chi connectivity index (χ4v) is 1.07. The van der Waals surface area contributed by atoms with E-state index < -0.39 is 0 Å². The Morgan fingerprint density at radius 3 is 2.67 bits per heavy atom. The van der Waals surface area contributed by atoms with Crippen LogP contribution in [0.15, 0.2) is 29.3 Å². The molecule has 0 heterocycles. The number of hydrogen-bond acceptors (Lipinski definition) is 2. The molecule has 0 aliphatic carbocycles. The molecule has 0 unspecified atom stereocenters. The topological polar surface area (TPSA) is 36.2 Å². The average molecular weight is 160 g/mol. The Bertz CT molecular complexity index is 313. The summed E-state index contributed by atoms with van der Waals surface area (Å²) in [5, 5.41) is 7.62. The molecule has 1 aromatic rings. The molecule has 12 heavy (non-hydrogen) atoms. The smallest absolute Gasteiger partial charge is 0.0792 e. The molecule has 0 saturated heterocycles. The van der Waals surface area contributed by atoms with Crippen LogP contribution in [0, 0.1) is 12.3 Å². The minimum absolute atomic E-state index is 0.468. The van der Waals surface area contributed by atoms with Crippen LogP contribution < -0.4 is 0 Å². The molecule has 2 nitrogen and oxygen atoms in total. The largest absolute Gasteiger partial charge is 0.299 e. The Balaban J connectivity index is 3.03. The van der Waals surface area contributed by atoms with E-state index in [1.165, 1.54) is 0 Å². The highest BCUT2D eigenvalue weighted by molar-refractivity contribution is 6.37. The van der Waals surface area contributed by atoms with E-state index in [9.17, 15) is 0 Å². The molecule has 0 aliphatic heterocycles. The highest BCUT2D eigenvalue weighted by Gasteiger charge is 1.99. The van der Waals surface area contributed by atoms with E-state index in [4.69, 9.17) is 5.41 Å². The lowest BCUT2D eigenvalue weighted by Gasteiger charge is -2.01. The van der Waals surface area contributed by atoms with E-state index in [2.05, 4.69) is 4.99 Å². The third kappa shape index (κ3) is 1.78. The van der Waals surface area contributed by atoms with E-state index in [0.29, 0.717) is 5.71 Å². The van der Waals surface area contributed by atoms with Gasteiger partial charge in [0.25, 0.3) is 0 Å². The van der Waals surface area contributed by atoms with Gasteiger partial charge in [-0.2, -0.15) is 0 Å². The summed E-state index contributed by atoms with van der Waals surface area (Å²) in [5.41, 5.74) is 2.53. The van der Waals surface area contributed by atoms with E-state index in [0.717, 1.165) is 11.1 Å². The van der Waals surface area contributed by atoms with Crippen LogP contribution in [0.4, 0.5) is 0 Å². The predicted octanol–water partition coefficient (Wildman–Crippen LogP) is 2.06. The minimum atomic E-state index is 0.468. The van der Waals surface area contributed by atoms with Gasteiger partial charge in [-0.25, -0.2) is 0 Å². The molecule has 0 bridgehead atoms. The van der Waals surface area contributed by atoms with Crippen LogP contribution in [0.25, 0.3) is 0 Å². The summed E-state index contributed by atoms with van der Waals surface area (Å²) in [4.78, 5) is 3.80. The van der Waals surface area contributed by atoms with Crippen molar-refractivity contribution in [1.29, 1.82) is 5.41 Å². The van der Waals surface area contributed by atoms with Crippen molar-refractivity contribution in [1.82, 2.24) is 0 Å². The van der Waals surface area contributed by atoms with Crippen LogP contribution in [0.2, 0.25) is 0 Å². The van der Waals surface area contributed by atoms with Gasteiger partial charge in [0.05, 0.1) is 5.71 Å². The van der Waals surface area contributed by atoms with E-state index in [1.54, 1.807) is 13.3 Å². The molecule has 0 saturated carbocycles. The second-order valence-corrected chi connectivity index (χ2v) is 2.62. The third-order valence-corrected chi connectivity index (χ3v) is 1.69. The molecule has 0 radical (unpaired) electrons. The fourth-order valence-electron chi connectivity index (χ4n) is 1.07. The summed E-state index contributed by atoms with van der Waals surface area (Å²) in [7, 11) is 1.67. The van der Waals surface area contributed by atoms with Crippen molar-refractivity contribution in [3.63, 3.8) is 0 Å². The quantitative estimate of drug-likeness (QED) is 0.643. The maximum atomic E-state index is 7.62. The first kappa shape index (κ1) is 8.65. The van der Waals surface area contributed by atoms with Gasteiger partial charge in [-0.1, -0.05) is 24.3 Å². The summed E-state index contributed by atoms with van der Waals surface area (Å²) in [6, 6.07) is 7.82. The fraction of sp³-hybridized carbons (Fsp3) is 0.200. The molecule has 1 rings (SSSR count). The monoisotopic (exact) mass is 160 g/mol. The SMILES string of the molecule is C/N=C\C(=N)c1ccccc1C. The van der Waals surface area contributed by atoms with Crippen LogP contribution in [-0.2, 0) is 0 Å². The summed E-state index contributed by atoms with van der Waals surface area (Å²) >= 11 is 0. The van der Waals surface area contributed by atoms with Crippen LogP contribution >= 0.6 is 0 Å². The van der Waals surface area contributed by atoms with Gasteiger partial charge in [-0.15, -0.1) is 0 Å². The van der Waals surface area contributed by atoms with Gasteiger partial charge in [0.15, 0.2) is 0 Å². The first-order valence-electron chi connectivity index (χ1n) is 3.82. The number of nitrogens with zero attached hydrogens (tertiary/aromatic N) is 1. The van der Waals surface area contributed by atoms with Crippen molar-refractivity contribution >= 4 is 11.9 Å². The maximum Gasteiger partial charge on any atom is 0.0792 e. The Hall–Kier alpha value is -1.44. The zero-order valence-electron chi connectivity index (χ0n) is 7.33. The Labute approximate surface area is 72.5 Å². The van der Waals surface area contributed by atoms with Crippen molar-refractivity contribution in [2.45, 2.75) is 6.92 Å². The molecule has 1 N–H and O–H groups in total. The predicted molar refractivity (Wildman–Crippen MR) is 52.4 cm³/mol. The third-order valence-electron chi connectivity index (χ3n) is 1.69. The summed E-state index contributed by atoms with van der Waals surface area (Å²) < 4.78 is 0. The van der Waals surface area contributed by atoms with Crippen molar-refractivity contribution < 1.29 is 0 Å². The van der Waals surface area contributed by atoms with E-state index in [-0.39, 0.29) is 0 Å².